The summed E-state index contributed by atoms with van der Waals surface area (Å²) in [4.78, 5) is 3.20. The molecule has 0 unspecified atom stereocenters. The maximum atomic E-state index is 13.2. The molecule has 1 heterocycles. The van der Waals surface area contributed by atoms with E-state index in [0.29, 0.717) is 0 Å². The van der Waals surface area contributed by atoms with Crippen molar-refractivity contribution < 1.29 is 18.3 Å². The quantitative estimate of drug-likeness (QED) is 0.594. The molecule has 25 heavy (non-hydrogen) atoms. The van der Waals surface area contributed by atoms with E-state index in [1.165, 1.54) is 14.2 Å². The number of hydrogen-bond donors (Lipinski definition) is 2. The normalized spacial score (nSPS) is 12.9. The van der Waals surface area contributed by atoms with Crippen LogP contribution in [0.4, 0.5) is 5.69 Å². The van der Waals surface area contributed by atoms with Gasteiger partial charge in [0.2, 0.25) is 0 Å². The zero-order valence-electron chi connectivity index (χ0n) is 14.4. The third-order valence-corrected chi connectivity index (χ3v) is 6.19. The highest BCUT2D eigenvalue weighted by Crippen LogP contribution is 2.60. The molecule has 0 aliphatic carbocycles. The number of para-hydroxylation sites is 1. The van der Waals surface area contributed by atoms with E-state index < -0.39 is 13.4 Å². The highest BCUT2D eigenvalue weighted by Gasteiger charge is 2.37. The van der Waals surface area contributed by atoms with Gasteiger partial charge in [0, 0.05) is 42.6 Å². The fraction of sp³-hybridized carbons (Fsp3) is 0.222. The largest absolute Gasteiger partial charge is 0.497 e. The third-order valence-electron chi connectivity index (χ3n) is 4.13. The van der Waals surface area contributed by atoms with Gasteiger partial charge < -0.3 is 24.1 Å². The Bertz CT molecular complexity index is 883. The van der Waals surface area contributed by atoms with Crippen LogP contribution in [0.5, 0.6) is 5.75 Å². The van der Waals surface area contributed by atoms with Crippen LogP contribution in [0.25, 0.3) is 10.9 Å². The van der Waals surface area contributed by atoms with Gasteiger partial charge in [0.1, 0.15) is 5.75 Å². The highest BCUT2D eigenvalue weighted by atomic mass is 31.2. The lowest BCUT2D eigenvalue weighted by Crippen LogP contribution is -2.13. The van der Waals surface area contributed by atoms with Crippen molar-refractivity contribution >= 4 is 24.2 Å². The first-order valence-electron chi connectivity index (χ1n) is 7.79. The van der Waals surface area contributed by atoms with Crippen molar-refractivity contribution in [3.8, 4) is 5.75 Å². The van der Waals surface area contributed by atoms with E-state index in [-0.39, 0.29) is 0 Å². The molecule has 2 aromatic carbocycles. The summed E-state index contributed by atoms with van der Waals surface area (Å²) in [5.74, 6) is 0.0860. The second-order valence-electron chi connectivity index (χ2n) is 5.47. The SMILES string of the molecule is COc1ccc(N[C@@H](c2c[nH]c3ccccc23)P(=O)(OC)OC)cc1. The molecule has 2 N–H and O–H groups in total. The molecule has 0 bridgehead atoms. The minimum absolute atomic E-state index is 0.660. The number of benzene rings is 2. The van der Waals surface area contributed by atoms with Gasteiger partial charge in [-0.25, -0.2) is 0 Å². The van der Waals surface area contributed by atoms with Gasteiger partial charge in [0.05, 0.1) is 7.11 Å². The number of nitrogens with one attached hydrogen (secondary N) is 2. The first kappa shape index (κ1) is 17.5. The highest BCUT2D eigenvalue weighted by molar-refractivity contribution is 7.54. The molecule has 7 heteroatoms. The molecule has 3 aromatic rings. The van der Waals surface area contributed by atoms with Crippen LogP contribution < -0.4 is 10.1 Å². The number of H-pyrrole nitrogens is 1. The molecule has 0 spiro atoms. The number of methoxy groups -OCH3 is 1. The van der Waals surface area contributed by atoms with E-state index in [1.807, 2.05) is 54.7 Å². The van der Waals surface area contributed by atoms with Crippen molar-refractivity contribution in [2.75, 3.05) is 26.6 Å². The maximum absolute atomic E-state index is 13.2. The van der Waals surface area contributed by atoms with Gasteiger partial charge in [0.25, 0.3) is 0 Å². The van der Waals surface area contributed by atoms with Gasteiger partial charge in [-0.05, 0) is 30.3 Å². The van der Waals surface area contributed by atoms with Crippen molar-refractivity contribution in [2.24, 2.45) is 0 Å². The fourth-order valence-corrected chi connectivity index (χ4v) is 4.21. The third kappa shape index (κ3) is 3.42. The number of aromatic amines is 1. The van der Waals surface area contributed by atoms with Crippen molar-refractivity contribution in [3.05, 3.63) is 60.3 Å². The fourth-order valence-electron chi connectivity index (χ4n) is 2.78. The first-order valence-corrected chi connectivity index (χ1v) is 9.40. The van der Waals surface area contributed by atoms with Crippen LogP contribution in [0, 0.1) is 0 Å². The number of fused-ring (bicyclic) bond motifs is 1. The average molecular weight is 360 g/mol. The van der Waals surface area contributed by atoms with Crippen LogP contribution in [0.2, 0.25) is 0 Å². The summed E-state index contributed by atoms with van der Waals surface area (Å²) in [5, 5.41) is 4.24. The molecule has 132 valence electrons. The Morgan fingerprint density at radius 3 is 2.32 bits per heavy atom. The lowest BCUT2D eigenvalue weighted by atomic mass is 10.1. The number of hydrogen-bond acceptors (Lipinski definition) is 5. The Kier molecular flexibility index (Phi) is 5.13. The molecular weight excluding hydrogens is 339 g/mol. The van der Waals surface area contributed by atoms with Crippen LogP contribution in [-0.4, -0.2) is 26.3 Å². The Morgan fingerprint density at radius 2 is 1.68 bits per heavy atom. The number of ether oxygens (including phenoxy) is 1. The predicted molar refractivity (Wildman–Crippen MR) is 99.3 cm³/mol. The second kappa shape index (κ2) is 7.31. The molecule has 0 aliphatic heterocycles. The molecule has 3 rings (SSSR count). The lowest BCUT2D eigenvalue weighted by molar-refractivity contribution is 0.268. The molecule has 1 aromatic heterocycles. The summed E-state index contributed by atoms with van der Waals surface area (Å²) < 4.78 is 28.9. The standard InChI is InChI=1S/C18H21N2O4P/c1-22-14-10-8-13(9-11-14)20-18(25(21,23-2)24-3)16-12-19-17-7-5-4-6-15(16)17/h4-12,18-20H,1-3H3/t18-/m1/s1. The van der Waals surface area contributed by atoms with Crippen LogP contribution in [-0.2, 0) is 13.6 Å². The van der Waals surface area contributed by atoms with Gasteiger partial charge in [-0.3, -0.25) is 4.57 Å². The minimum atomic E-state index is -3.43. The van der Waals surface area contributed by atoms with Crippen molar-refractivity contribution in [1.29, 1.82) is 0 Å². The number of anilines is 1. The van der Waals surface area contributed by atoms with E-state index in [2.05, 4.69) is 10.3 Å². The van der Waals surface area contributed by atoms with Crippen molar-refractivity contribution in [1.82, 2.24) is 4.98 Å². The molecule has 0 fully saturated rings. The summed E-state index contributed by atoms with van der Waals surface area (Å²) in [6, 6.07) is 15.2. The lowest BCUT2D eigenvalue weighted by Gasteiger charge is -2.26. The molecule has 0 amide bonds. The Morgan fingerprint density at radius 1 is 1.00 bits per heavy atom. The summed E-state index contributed by atoms with van der Waals surface area (Å²) >= 11 is 0. The van der Waals surface area contributed by atoms with Crippen molar-refractivity contribution in [2.45, 2.75) is 5.78 Å². The zero-order valence-corrected chi connectivity index (χ0v) is 15.2. The topological polar surface area (TPSA) is 72.6 Å². The number of rotatable bonds is 7. The molecule has 0 aliphatic rings. The Balaban J connectivity index is 2.04. The summed E-state index contributed by atoms with van der Waals surface area (Å²) in [6.07, 6.45) is 1.83. The van der Waals surface area contributed by atoms with E-state index in [0.717, 1.165) is 27.9 Å². The summed E-state index contributed by atoms with van der Waals surface area (Å²) in [6.45, 7) is 0. The monoisotopic (exact) mass is 360 g/mol. The maximum Gasteiger partial charge on any atom is 0.356 e. The molecule has 1 atom stereocenters. The zero-order chi connectivity index (χ0) is 17.9. The van der Waals surface area contributed by atoms with Gasteiger partial charge in [-0.15, -0.1) is 0 Å². The second-order valence-corrected chi connectivity index (χ2v) is 7.80. The minimum Gasteiger partial charge on any atom is -0.497 e. The number of aromatic nitrogens is 1. The molecule has 0 radical (unpaired) electrons. The van der Waals surface area contributed by atoms with E-state index >= 15 is 0 Å². The van der Waals surface area contributed by atoms with Gasteiger partial charge in [0.15, 0.2) is 5.78 Å². The molecule has 0 saturated heterocycles. The summed E-state index contributed by atoms with van der Waals surface area (Å²) in [5.41, 5.74) is 2.56. The molecule has 0 saturated carbocycles. The van der Waals surface area contributed by atoms with Crippen LogP contribution in [0.3, 0.4) is 0 Å². The summed E-state index contributed by atoms with van der Waals surface area (Å²) in [7, 11) is 0.963. The Labute approximate surface area is 146 Å². The van der Waals surface area contributed by atoms with Gasteiger partial charge in [-0.1, -0.05) is 18.2 Å². The van der Waals surface area contributed by atoms with Crippen molar-refractivity contribution in [3.63, 3.8) is 0 Å². The average Bonchev–Trinajstić information content (AvgIpc) is 3.09. The Hall–Kier alpha value is -2.27. The van der Waals surface area contributed by atoms with E-state index in [9.17, 15) is 4.57 Å². The first-order chi connectivity index (χ1) is 12.1. The van der Waals surface area contributed by atoms with Gasteiger partial charge in [-0.2, -0.15) is 0 Å². The van der Waals surface area contributed by atoms with Crippen LogP contribution in [0.15, 0.2) is 54.7 Å². The van der Waals surface area contributed by atoms with Gasteiger partial charge >= 0.3 is 7.60 Å². The predicted octanol–water partition coefficient (Wildman–Crippen LogP) is 4.77. The van der Waals surface area contributed by atoms with Crippen LogP contribution in [0.1, 0.15) is 11.3 Å². The van der Waals surface area contributed by atoms with E-state index in [1.54, 1.807) is 7.11 Å². The molecule has 6 nitrogen and oxygen atoms in total. The molecular formula is C18H21N2O4P. The smallest absolute Gasteiger partial charge is 0.356 e. The van der Waals surface area contributed by atoms with E-state index in [4.69, 9.17) is 13.8 Å². The van der Waals surface area contributed by atoms with Crippen LogP contribution >= 0.6 is 7.60 Å².